The first-order valence-corrected chi connectivity index (χ1v) is 5.54. The van der Waals surface area contributed by atoms with E-state index in [2.05, 4.69) is 42.0 Å². The first-order valence-electron chi connectivity index (χ1n) is 5.54. The van der Waals surface area contributed by atoms with Crippen LogP contribution in [0.1, 0.15) is 31.2 Å². The Labute approximate surface area is 96.1 Å². The van der Waals surface area contributed by atoms with E-state index in [9.17, 15) is 0 Å². The molecule has 0 saturated carbocycles. The molecule has 3 nitrogen and oxygen atoms in total. The van der Waals surface area contributed by atoms with Gasteiger partial charge in [0.25, 0.3) is 0 Å². The lowest BCUT2D eigenvalue weighted by molar-refractivity contribution is 0.590. The SMILES string of the molecule is CC1=CC=CC(C)[C@H]1c1cc(C)nc(N)n1. The fourth-order valence-electron chi connectivity index (χ4n) is 2.29. The van der Waals surface area contributed by atoms with Gasteiger partial charge in [0, 0.05) is 11.6 Å². The number of hydrogen-bond acceptors (Lipinski definition) is 3. The number of aromatic nitrogens is 2. The van der Waals surface area contributed by atoms with E-state index in [0.717, 1.165) is 11.4 Å². The van der Waals surface area contributed by atoms with Gasteiger partial charge in [-0.15, -0.1) is 0 Å². The van der Waals surface area contributed by atoms with E-state index in [0.29, 0.717) is 17.8 Å². The van der Waals surface area contributed by atoms with E-state index in [1.54, 1.807) is 0 Å². The van der Waals surface area contributed by atoms with Crippen LogP contribution in [-0.2, 0) is 0 Å². The monoisotopic (exact) mass is 215 g/mol. The number of nitrogen functional groups attached to an aromatic ring is 1. The van der Waals surface area contributed by atoms with Gasteiger partial charge in [0.05, 0.1) is 5.69 Å². The summed E-state index contributed by atoms with van der Waals surface area (Å²) in [4.78, 5) is 8.46. The van der Waals surface area contributed by atoms with Gasteiger partial charge in [0.1, 0.15) is 0 Å². The summed E-state index contributed by atoms with van der Waals surface area (Å²) in [6, 6.07) is 2.02. The van der Waals surface area contributed by atoms with E-state index < -0.39 is 0 Å². The first kappa shape index (κ1) is 10.9. The van der Waals surface area contributed by atoms with Crippen LogP contribution < -0.4 is 5.73 Å². The van der Waals surface area contributed by atoms with Gasteiger partial charge in [-0.2, -0.15) is 0 Å². The molecule has 0 saturated heterocycles. The molecule has 1 unspecified atom stereocenters. The second-order valence-electron chi connectivity index (χ2n) is 4.42. The first-order chi connectivity index (χ1) is 7.58. The summed E-state index contributed by atoms with van der Waals surface area (Å²) in [6.45, 7) is 6.29. The molecule has 2 atom stereocenters. The number of allylic oxidation sites excluding steroid dienone is 4. The predicted molar refractivity (Wildman–Crippen MR) is 66.0 cm³/mol. The third-order valence-corrected chi connectivity index (χ3v) is 3.00. The molecule has 2 N–H and O–H groups in total. The van der Waals surface area contributed by atoms with Crippen molar-refractivity contribution >= 4 is 5.95 Å². The molecule has 1 aromatic rings. The predicted octanol–water partition coefficient (Wildman–Crippen LogP) is 2.60. The van der Waals surface area contributed by atoms with Gasteiger partial charge < -0.3 is 5.73 Å². The molecule has 0 bridgehead atoms. The van der Waals surface area contributed by atoms with Crippen molar-refractivity contribution in [2.24, 2.45) is 5.92 Å². The van der Waals surface area contributed by atoms with Gasteiger partial charge in [-0.25, -0.2) is 9.97 Å². The largest absolute Gasteiger partial charge is 0.368 e. The molecule has 2 rings (SSSR count). The fraction of sp³-hybridized carbons (Fsp3) is 0.385. The number of rotatable bonds is 1. The van der Waals surface area contributed by atoms with Crippen LogP contribution >= 0.6 is 0 Å². The number of anilines is 1. The molecular formula is C13H17N3. The smallest absolute Gasteiger partial charge is 0.220 e. The maximum atomic E-state index is 5.70. The van der Waals surface area contributed by atoms with Crippen molar-refractivity contribution in [3.63, 3.8) is 0 Å². The lowest BCUT2D eigenvalue weighted by Gasteiger charge is -2.24. The minimum atomic E-state index is 0.328. The maximum absolute atomic E-state index is 5.70. The Morgan fingerprint density at radius 2 is 2.00 bits per heavy atom. The van der Waals surface area contributed by atoms with Gasteiger partial charge in [-0.05, 0) is 25.8 Å². The Kier molecular flexibility index (Phi) is 2.77. The molecule has 0 spiro atoms. The third-order valence-electron chi connectivity index (χ3n) is 3.00. The zero-order chi connectivity index (χ0) is 11.7. The summed E-state index contributed by atoms with van der Waals surface area (Å²) in [6.07, 6.45) is 6.44. The van der Waals surface area contributed by atoms with E-state index >= 15 is 0 Å². The fourth-order valence-corrected chi connectivity index (χ4v) is 2.29. The summed E-state index contributed by atoms with van der Waals surface area (Å²) < 4.78 is 0. The molecule has 3 heteroatoms. The standard InChI is InChI=1S/C13H17N3/c1-8-5-4-6-9(2)12(8)11-7-10(3)15-13(14)16-11/h4-8,12H,1-3H3,(H2,14,15,16)/t8?,12-/m1/s1. The maximum Gasteiger partial charge on any atom is 0.220 e. The quantitative estimate of drug-likeness (QED) is 0.783. The minimum absolute atomic E-state index is 0.328. The molecular weight excluding hydrogens is 198 g/mol. The highest BCUT2D eigenvalue weighted by Gasteiger charge is 2.23. The molecule has 1 aliphatic carbocycles. The van der Waals surface area contributed by atoms with Crippen molar-refractivity contribution in [3.05, 3.63) is 41.3 Å². The Balaban J connectivity index is 2.43. The Hall–Kier alpha value is -1.64. The van der Waals surface area contributed by atoms with Gasteiger partial charge in [-0.1, -0.05) is 30.7 Å². The lowest BCUT2D eigenvalue weighted by Crippen LogP contribution is -2.15. The van der Waals surface area contributed by atoms with Gasteiger partial charge >= 0.3 is 0 Å². The van der Waals surface area contributed by atoms with Crippen molar-refractivity contribution in [2.75, 3.05) is 5.73 Å². The van der Waals surface area contributed by atoms with Crippen molar-refractivity contribution in [1.29, 1.82) is 0 Å². The average molecular weight is 215 g/mol. The van der Waals surface area contributed by atoms with Crippen LogP contribution in [0.3, 0.4) is 0 Å². The topological polar surface area (TPSA) is 51.8 Å². The van der Waals surface area contributed by atoms with Gasteiger partial charge in [-0.3, -0.25) is 0 Å². The third kappa shape index (κ3) is 1.98. The molecule has 84 valence electrons. The Bertz CT molecular complexity index is 440. The summed E-state index contributed by atoms with van der Waals surface area (Å²) in [5.74, 6) is 1.15. The highest BCUT2D eigenvalue weighted by atomic mass is 15.0. The molecule has 16 heavy (non-hydrogen) atoms. The molecule has 0 amide bonds. The van der Waals surface area contributed by atoms with Crippen LogP contribution in [0.25, 0.3) is 0 Å². The van der Waals surface area contributed by atoms with Crippen LogP contribution in [0.5, 0.6) is 0 Å². The van der Waals surface area contributed by atoms with E-state index in [4.69, 9.17) is 5.73 Å². The highest BCUT2D eigenvalue weighted by molar-refractivity contribution is 5.34. The molecule has 0 aliphatic heterocycles. The van der Waals surface area contributed by atoms with E-state index in [1.807, 2.05) is 13.0 Å². The summed E-state index contributed by atoms with van der Waals surface area (Å²) in [5.41, 5.74) is 8.98. The molecule has 0 fully saturated rings. The van der Waals surface area contributed by atoms with Crippen molar-refractivity contribution < 1.29 is 0 Å². The second-order valence-corrected chi connectivity index (χ2v) is 4.42. The van der Waals surface area contributed by atoms with Crippen LogP contribution in [0, 0.1) is 12.8 Å². The number of nitrogens with two attached hydrogens (primary N) is 1. The normalized spacial score (nSPS) is 24.3. The zero-order valence-corrected chi connectivity index (χ0v) is 9.94. The summed E-state index contributed by atoms with van der Waals surface area (Å²) >= 11 is 0. The van der Waals surface area contributed by atoms with Gasteiger partial charge in [0.2, 0.25) is 5.95 Å². The molecule has 1 aromatic heterocycles. The molecule has 1 aliphatic rings. The van der Waals surface area contributed by atoms with Crippen LogP contribution in [0.2, 0.25) is 0 Å². The van der Waals surface area contributed by atoms with E-state index in [1.165, 1.54) is 5.57 Å². The molecule has 0 radical (unpaired) electrons. The summed E-state index contributed by atoms with van der Waals surface area (Å²) in [7, 11) is 0. The number of hydrogen-bond donors (Lipinski definition) is 1. The molecule has 1 heterocycles. The Morgan fingerprint density at radius 1 is 1.25 bits per heavy atom. The number of nitrogens with zero attached hydrogens (tertiary/aromatic N) is 2. The highest BCUT2D eigenvalue weighted by Crippen LogP contribution is 2.34. The van der Waals surface area contributed by atoms with Crippen molar-refractivity contribution in [3.8, 4) is 0 Å². The second kappa shape index (κ2) is 4.08. The van der Waals surface area contributed by atoms with Crippen LogP contribution in [-0.4, -0.2) is 9.97 Å². The molecule has 0 aromatic carbocycles. The van der Waals surface area contributed by atoms with Crippen molar-refractivity contribution in [1.82, 2.24) is 9.97 Å². The average Bonchev–Trinajstić information content (AvgIpc) is 2.15. The number of aryl methyl sites for hydroxylation is 1. The van der Waals surface area contributed by atoms with Gasteiger partial charge in [0.15, 0.2) is 0 Å². The van der Waals surface area contributed by atoms with Crippen LogP contribution in [0.4, 0.5) is 5.95 Å². The Morgan fingerprint density at radius 3 is 2.62 bits per heavy atom. The lowest BCUT2D eigenvalue weighted by atomic mass is 9.81. The van der Waals surface area contributed by atoms with E-state index in [-0.39, 0.29) is 0 Å². The van der Waals surface area contributed by atoms with Crippen molar-refractivity contribution in [2.45, 2.75) is 26.7 Å². The summed E-state index contributed by atoms with van der Waals surface area (Å²) in [5, 5.41) is 0. The minimum Gasteiger partial charge on any atom is -0.368 e. The van der Waals surface area contributed by atoms with Crippen LogP contribution in [0.15, 0.2) is 29.9 Å². The zero-order valence-electron chi connectivity index (χ0n) is 9.94.